The molecule has 0 saturated carbocycles. The Balaban J connectivity index is 1.49. The molecule has 0 spiro atoms. The Morgan fingerprint density at radius 3 is 2.25 bits per heavy atom. The standard InChI is InChI=1S/C23H25N3O2/c1-3-17-5-4-14-26(15-17)23(27)20-12-10-19(11-13-20)22-25-24-21(28-22)18-8-6-16(2)7-9-18/h6-13,17H,3-5,14-15H2,1-2H3. The third kappa shape index (κ3) is 3.84. The second-order valence-corrected chi connectivity index (χ2v) is 7.52. The zero-order valence-corrected chi connectivity index (χ0v) is 16.4. The maximum absolute atomic E-state index is 12.8. The summed E-state index contributed by atoms with van der Waals surface area (Å²) in [6.07, 6.45) is 3.44. The maximum atomic E-state index is 12.8. The first-order valence-electron chi connectivity index (χ1n) is 9.94. The molecule has 1 amide bonds. The molecular formula is C23H25N3O2. The van der Waals surface area contributed by atoms with E-state index in [2.05, 4.69) is 17.1 Å². The quantitative estimate of drug-likeness (QED) is 0.646. The Hall–Kier alpha value is -2.95. The molecule has 1 aliphatic heterocycles. The molecule has 0 N–H and O–H groups in total. The lowest BCUT2D eigenvalue weighted by Gasteiger charge is -2.32. The number of carbonyl (C=O) groups excluding carboxylic acids is 1. The number of nitrogens with zero attached hydrogens (tertiary/aromatic N) is 3. The van der Waals surface area contributed by atoms with Crippen LogP contribution < -0.4 is 0 Å². The molecule has 0 bridgehead atoms. The van der Waals surface area contributed by atoms with Gasteiger partial charge in [-0.1, -0.05) is 31.0 Å². The highest BCUT2D eigenvalue weighted by molar-refractivity contribution is 5.94. The molecule has 1 fully saturated rings. The van der Waals surface area contributed by atoms with Gasteiger partial charge in [0.25, 0.3) is 5.91 Å². The lowest BCUT2D eigenvalue weighted by Crippen LogP contribution is -2.39. The first-order chi connectivity index (χ1) is 13.6. The number of carbonyl (C=O) groups is 1. The summed E-state index contributed by atoms with van der Waals surface area (Å²) in [5.41, 5.74) is 3.60. The minimum Gasteiger partial charge on any atom is -0.416 e. The summed E-state index contributed by atoms with van der Waals surface area (Å²) < 4.78 is 5.82. The molecule has 1 saturated heterocycles. The lowest BCUT2D eigenvalue weighted by molar-refractivity contribution is 0.0671. The van der Waals surface area contributed by atoms with Gasteiger partial charge in [0.05, 0.1) is 0 Å². The predicted octanol–water partition coefficient (Wildman–Crippen LogP) is 4.97. The normalized spacial score (nSPS) is 16.9. The van der Waals surface area contributed by atoms with Gasteiger partial charge in [-0.05, 0) is 62.1 Å². The van der Waals surface area contributed by atoms with Gasteiger partial charge in [0.1, 0.15) is 0 Å². The number of aromatic nitrogens is 2. The summed E-state index contributed by atoms with van der Waals surface area (Å²) in [5.74, 6) is 1.68. The van der Waals surface area contributed by atoms with E-state index in [4.69, 9.17) is 4.42 Å². The van der Waals surface area contributed by atoms with E-state index in [1.807, 2.05) is 60.4 Å². The average Bonchev–Trinajstić information content (AvgIpc) is 3.24. The molecule has 1 atom stereocenters. The van der Waals surface area contributed by atoms with Crippen molar-refractivity contribution in [2.24, 2.45) is 5.92 Å². The number of amides is 1. The Bertz CT molecular complexity index is 945. The Labute approximate surface area is 165 Å². The fourth-order valence-electron chi connectivity index (χ4n) is 3.67. The fraction of sp³-hybridized carbons (Fsp3) is 0.348. The van der Waals surface area contributed by atoms with Crippen LogP contribution in [0.5, 0.6) is 0 Å². The van der Waals surface area contributed by atoms with Crippen LogP contribution in [0.1, 0.15) is 42.1 Å². The number of aryl methyl sites for hydroxylation is 1. The van der Waals surface area contributed by atoms with Crippen LogP contribution in [-0.2, 0) is 0 Å². The number of piperidine rings is 1. The summed E-state index contributed by atoms with van der Waals surface area (Å²) in [6, 6.07) is 15.4. The highest BCUT2D eigenvalue weighted by Gasteiger charge is 2.23. The third-order valence-electron chi connectivity index (χ3n) is 5.49. The molecule has 4 rings (SSSR count). The van der Waals surface area contributed by atoms with E-state index in [9.17, 15) is 4.79 Å². The van der Waals surface area contributed by atoms with E-state index in [1.54, 1.807) is 0 Å². The number of hydrogen-bond acceptors (Lipinski definition) is 4. The van der Waals surface area contributed by atoms with Crippen LogP contribution in [0.4, 0.5) is 0 Å². The van der Waals surface area contributed by atoms with Crippen molar-refractivity contribution in [3.63, 3.8) is 0 Å². The molecule has 28 heavy (non-hydrogen) atoms. The average molecular weight is 375 g/mol. The Kier molecular flexibility index (Phi) is 5.24. The van der Waals surface area contributed by atoms with E-state index < -0.39 is 0 Å². The summed E-state index contributed by atoms with van der Waals surface area (Å²) >= 11 is 0. The molecule has 0 radical (unpaired) electrons. The first-order valence-corrected chi connectivity index (χ1v) is 9.94. The second kappa shape index (κ2) is 7.97. The minimum absolute atomic E-state index is 0.107. The number of rotatable bonds is 4. The zero-order valence-electron chi connectivity index (χ0n) is 16.4. The van der Waals surface area contributed by atoms with Crippen molar-refractivity contribution in [1.82, 2.24) is 15.1 Å². The zero-order chi connectivity index (χ0) is 19.5. The molecule has 1 aliphatic rings. The summed E-state index contributed by atoms with van der Waals surface area (Å²) in [7, 11) is 0. The molecular weight excluding hydrogens is 350 g/mol. The summed E-state index contributed by atoms with van der Waals surface area (Å²) in [6.45, 7) is 5.95. The largest absolute Gasteiger partial charge is 0.416 e. The van der Waals surface area contributed by atoms with Crippen molar-refractivity contribution in [2.45, 2.75) is 33.1 Å². The van der Waals surface area contributed by atoms with Crippen molar-refractivity contribution < 1.29 is 9.21 Å². The molecule has 1 unspecified atom stereocenters. The van der Waals surface area contributed by atoms with Crippen LogP contribution in [0.25, 0.3) is 22.9 Å². The van der Waals surface area contributed by atoms with Gasteiger partial charge < -0.3 is 9.32 Å². The minimum atomic E-state index is 0.107. The van der Waals surface area contributed by atoms with Crippen LogP contribution in [0, 0.1) is 12.8 Å². The van der Waals surface area contributed by atoms with Crippen molar-refractivity contribution in [3.8, 4) is 22.9 Å². The fourth-order valence-corrected chi connectivity index (χ4v) is 3.67. The molecule has 5 nitrogen and oxygen atoms in total. The van der Waals surface area contributed by atoms with Crippen molar-refractivity contribution >= 4 is 5.91 Å². The molecule has 2 aromatic carbocycles. The number of likely N-dealkylation sites (tertiary alicyclic amines) is 1. The first kappa shape index (κ1) is 18.4. The van der Waals surface area contributed by atoms with Crippen molar-refractivity contribution in [1.29, 1.82) is 0 Å². The third-order valence-corrected chi connectivity index (χ3v) is 5.49. The molecule has 144 valence electrons. The van der Waals surface area contributed by atoms with Crippen molar-refractivity contribution in [3.05, 3.63) is 59.7 Å². The molecule has 0 aliphatic carbocycles. The van der Waals surface area contributed by atoms with E-state index >= 15 is 0 Å². The van der Waals surface area contributed by atoms with Crippen LogP contribution in [0.3, 0.4) is 0 Å². The lowest BCUT2D eigenvalue weighted by atomic mass is 9.95. The predicted molar refractivity (Wildman–Crippen MR) is 109 cm³/mol. The van der Waals surface area contributed by atoms with Crippen LogP contribution >= 0.6 is 0 Å². The summed E-state index contributed by atoms with van der Waals surface area (Å²) in [4.78, 5) is 14.8. The molecule has 2 heterocycles. The highest BCUT2D eigenvalue weighted by atomic mass is 16.4. The maximum Gasteiger partial charge on any atom is 0.253 e. The summed E-state index contributed by atoms with van der Waals surface area (Å²) in [5, 5.41) is 8.31. The Morgan fingerprint density at radius 1 is 1.04 bits per heavy atom. The highest BCUT2D eigenvalue weighted by Crippen LogP contribution is 2.25. The number of hydrogen-bond donors (Lipinski definition) is 0. The van der Waals surface area contributed by atoms with Gasteiger partial charge >= 0.3 is 0 Å². The van der Waals surface area contributed by atoms with Crippen molar-refractivity contribution in [2.75, 3.05) is 13.1 Å². The van der Waals surface area contributed by atoms with Gasteiger partial charge in [-0.2, -0.15) is 0 Å². The molecule has 5 heteroatoms. The van der Waals surface area contributed by atoms with Gasteiger partial charge in [-0.25, -0.2) is 0 Å². The second-order valence-electron chi connectivity index (χ2n) is 7.52. The smallest absolute Gasteiger partial charge is 0.253 e. The van der Waals surface area contributed by atoms with E-state index in [0.29, 0.717) is 23.3 Å². The Morgan fingerprint density at radius 2 is 1.64 bits per heavy atom. The van der Waals surface area contributed by atoms with Gasteiger partial charge in [-0.3, -0.25) is 4.79 Å². The van der Waals surface area contributed by atoms with E-state index in [-0.39, 0.29) is 5.91 Å². The van der Waals surface area contributed by atoms with E-state index in [0.717, 1.165) is 37.1 Å². The van der Waals surface area contributed by atoms with Gasteiger partial charge in [0.15, 0.2) is 0 Å². The SMILES string of the molecule is CCC1CCCN(C(=O)c2ccc(-c3nnc(-c4ccc(C)cc4)o3)cc2)C1. The van der Waals surface area contributed by atoms with Crippen LogP contribution in [0.2, 0.25) is 0 Å². The molecule has 1 aromatic heterocycles. The van der Waals surface area contributed by atoms with E-state index in [1.165, 1.54) is 12.0 Å². The number of benzene rings is 2. The topological polar surface area (TPSA) is 59.2 Å². The van der Waals surface area contributed by atoms with Gasteiger partial charge in [0, 0.05) is 29.8 Å². The van der Waals surface area contributed by atoms with Gasteiger partial charge in [-0.15, -0.1) is 10.2 Å². The molecule has 3 aromatic rings. The van der Waals surface area contributed by atoms with Crippen LogP contribution in [0.15, 0.2) is 52.9 Å². The monoisotopic (exact) mass is 375 g/mol. The van der Waals surface area contributed by atoms with Crippen LogP contribution in [-0.4, -0.2) is 34.1 Å². The van der Waals surface area contributed by atoms with Gasteiger partial charge in [0.2, 0.25) is 11.8 Å².